The van der Waals surface area contributed by atoms with Crippen LogP contribution in [0.3, 0.4) is 0 Å². The van der Waals surface area contributed by atoms with Crippen LogP contribution in [0.25, 0.3) is 0 Å². The first-order chi connectivity index (χ1) is 3.31. The maximum Gasteiger partial charge on any atom is 0.527 e. The van der Waals surface area contributed by atoms with Gasteiger partial charge in [-0.05, 0) is 0 Å². The van der Waals surface area contributed by atoms with E-state index < -0.39 is 6.16 Å². The molecule has 0 aliphatic carbocycles. The van der Waals surface area contributed by atoms with Crippen LogP contribution in [0.1, 0.15) is 0 Å². The molecule has 0 spiro atoms. The van der Waals surface area contributed by atoms with Gasteiger partial charge in [-0.2, -0.15) is 0 Å². The maximum atomic E-state index is 9.69. The molecule has 0 N–H and O–H groups in total. The Bertz CT molecular complexity index is 79.8. The summed E-state index contributed by atoms with van der Waals surface area (Å²) in [6, 6.07) is 0. The van der Waals surface area contributed by atoms with Gasteiger partial charge in [-0.3, -0.25) is 4.79 Å². The number of hydrogen-bond donors (Lipinski definition) is 0. The van der Waals surface area contributed by atoms with Gasteiger partial charge >= 0.3 is 12.6 Å². The van der Waals surface area contributed by atoms with Crippen molar-refractivity contribution < 1.29 is 18.2 Å². The number of hydrogen-bond acceptors (Lipinski definition) is 4. The molecule has 4 nitrogen and oxygen atoms in total. The van der Waals surface area contributed by atoms with Gasteiger partial charge in [0.2, 0.25) is 0 Å². The molecule has 0 saturated carbocycles. The van der Waals surface area contributed by atoms with E-state index in [2.05, 4.69) is 24.8 Å². The summed E-state index contributed by atoms with van der Waals surface area (Å²) in [6.07, 6.45) is -1.07. The Kier molecular flexibility index (Phi) is 3.31. The number of ether oxygens (including phenoxy) is 1. The highest BCUT2D eigenvalue weighted by atomic mass is 79.9. The monoisotopic (exact) mass is 168 g/mol. The number of carbonyl (C=O) groups excluding carboxylic acids is 2. The lowest BCUT2D eigenvalue weighted by atomic mass is 11.3. The second-order valence-corrected chi connectivity index (χ2v) is 0.865. The van der Waals surface area contributed by atoms with E-state index in [4.69, 9.17) is 0 Å². The van der Waals surface area contributed by atoms with Gasteiger partial charge in [-0.1, -0.05) is 0 Å². The van der Waals surface area contributed by atoms with Crippen LogP contribution in [0.5, 0.6) is 0 Å². The fourth-order valence-electron chi connectivity index (χ4n) is 0.0575. The summed E-state index contributed by atoms with van der Waals surface area (Å²) in [5, 5.41) is 0. The van der Waals surface area contributed by atoms with Crippen molar-refractivity contribution >= 4 is 28.9 Å². The van der Waals surface area contributed by atoms with E-state index in [1.54, 1.807) is 0 Å². The first-order valence-electron chi connectivity index (χ1n) is 1.24. The smallest absolute Gasteiger partial charge is 0.363 e. The molecule has 0 aromatic heterocycles. The summed E-state index contributed by atoms with van der Waals surface area (Å²) in [6.45, 7) is -0.0242. The third-order valence-corrected chi connectivity index (χ3v) is 0.472. The predicted octanol–water partition coefficient (Wildman–Crippen LogP) is 0.606. The second-order valence-electron chi connectivity index (χ2n) is 0.541. The molecule has 0 atom stereocenters. The molecule has 0 amide bonds. The van der Waals surface area contributed by atoms with Crippen LogP contribution in [-0.4, -0.2) is 12.6 Å². The molecule has 7 heavy (non-hydrogen) atoms. The molecule has 40 valence electrons. The molecule has 0 aliphatic heterocycles. The third-order valence-electron chi connectivity index (χ3n) is 0.207. The SMILES string of the molecule is O=COC(=O)OBr. The molecule has 0 aliphatic rings. The van der Waals surface area contributed by atoms with E-state index in [1.807, 2.05) is 0 Å². The second kappa shape index (κ2) is 3.60. The normalized spacial score (nSPS) is 7.00. The van der Waals surface area contributed by atoms with Gasteiger partial charge in [0.05, 0.1) is 0 Å². The molecule has 0 saturated heterocycles. The van der Waals surface area contributed by atoms with Crippen LogP contribution in [0, 0.1) is 0 Å². The van der Waals surface area contributed by atoms with Crippen LogP contribution in [0.15, 0.2) is 0 Å². The lowest BCUT2D eigenvalue weighted by Gasteiger charge is -1.84. The van der Waals surface area contributed by atoms with Gasteiger partial charge in [0.1, 0.15) is 0 Å². The van der Waals surface area contributed by atoms with Crippen LogP contribution in [0.2, 0.25) is 0 Å². The summed E-state index contributed by atoms with van der Waals surface area (Å²) in [5.41, 5.74) is 0. The van der Waals surface area contributed by atoms with E-state index in [0.717, 1.165) is 0 Å². The Morgan fingerprint density at radius 2 is 2.29 bits per heavy atom. The van der Waals surface area contributed by atoms with E-state index in [1.165, 1.54) is 0 Å². The Morgan fingerprint density at radius 1 is 1.71 bits per heavy atom. The molecule has 0 heterocycles. The summed E-state index contributed by atoms with van der Waals surface area (Å²) in [4.78, 5) is 18.9. The fraction of sp³-hybridized carbons (Fsp3) is 0. The number of rotatable bonds is 1. The van der Waals surface area contributed by atoms with Crippen molar-refractivity contribution in [2.24, 2.45) is 0 Å². The van der Waals surface area contributed by atoms with Gasteiger partial charge in [0, 0.05) is 0 Å². The number of carbonyl (C=O) groups is 2. The van der Waals surface area contributed by atoms with Gasteiger partial charge in [0.25, 0.3) is 0 Å². The van der Waals surface area contributed by atoms with Crippen molar-refractivity contribution in [1.82, 2.24) is 0 Å². The van der Waals surface area contributed by atoms with Gasteiger partial charge in [0.15, 0.2) is 16.3 Å². The predicted molar refractivity (Wildman–Crippen MR) is 22.6 cm³/mol. The molecule has 0 radical (unpaired) electrons. The summed E-state index contributed by atoms with van der Waals surface area (Å²) in [7, 11) is 0. The van der Waals surface area contributed by atoms with Crippen molar-refractivity contribution in [3.8, 4) is 0 Å². The highest BCUT2D eigenvalue weighted by Gasteiger charge is 1.96. The topological polar surface area (TPSA) is 52.6 Å². The van der Waals surface area contributed by atoms with Crippen molar-refractivity contribution in [2.75, 3.05) is 0 Å². The molecule has 0 aromatic carbocycles. The van der Waals surface area contributed by atoms with Crippen LogP contribution in [-0.2, 0) is 13.4 Å². The van der Waals surface area contributed by atoms with E-state index in [-0.39, 0.29) is 6.47 Å². The molecular formula is C2HBrO4. The largest absolute Gasteiger partial charge is 0.527 e. The molecule has 0 fully saturated rings. The van der Waals surface area contributed by atoms with E-state index >= 15 is 0 Å². The lowest BCUT2D eigenvalue weighted by molar-refractivity contribution is -0.124. The Morgan fingerprint density at radius 3 is 2.43 bits per heavy atom. The molecule has 0 rings (SSSR count). The van der Waals surface area contributed by atoms with Crippen molar-refractivity contribution in [3.63, 3.8) is 0 Å². The minimum atomic E-state index is -1.07. The van der Waals surface area contributed by atoms with E-state index in [0.29, 0.717) is 0 Å². The van der Waals surface area contributed by atoms with Gasteiger partial charge in [-0.25, -0.2) is 4.79 Å². The zero-order valence-electron chi connectivity index (χ0n) is 3.09. The van der Waals surface area contributed by atoms with Crippen molar-refractivity contribution in [1.29, 1.82) is 0 Å². The maximum absolute atomic E-state index is 9.69. The average molecular weight is 169 g/mol. The molecule has 0 bridgehead atoms. The third kappa shape index (κ3) is 3.24. The van der Waals surface area contributed by atoms with Gasteiger partial charge in [-0.15, -0.1) is 0 Å². The van der Waals surface area contributed by atoms with Gasteiger partial charge < -0.3 is 8.57 Å². The van der Waals surface area contributed by atoms with Crippen molar-refractivity contribution in [3.05, 3.63) is 0 Å². The highest BCUT2D eigenvalue weighted by Crippen LogP contribution is 1.86. The highest BCUT2D eigenvalue weighted by molar-refractivity contribution is 9.06. The van der Waals surface area contributed by atoms with E-state index in [9.17, 15) is 9.59 Å². The molecule has 5 heteroatoms. The van der Waals surface area contributed by atoms with Crippen LogP contribution >= 0.6 is 16.3 Å². The molecule has 0 unspecified atom stereocenters. The zero-order chi connectivity index (χ0) is 5.70. The first kappa shape index (κ1) is 6.42. The Hall–Kier alpha value is -0.580. The lowest BCUT2D eigenvalue weighted by Crippen LogP contribution is -1.97. The summed E-state index contributed by atoms with van der Waals surface area (Å²) < 4.78 is 7.31. The summed E-state index contributed by atoms with van der Waals surface area (Å²) >= 11 is 2.28. The first-order valence-corrected chi connectivity index (χ1v) is 1.89. The summed E-state index contributed by atoms with van der Waals surface area (Å²) in [5.74, 6) is 0. The zero-order valence-corrected chi connectivity index (χ0v) is 4.67. The van der Waals surface area contributed by atoms with Crippen LogP contribution in [0.4, 0.5) is 4.79 Å². The Labute approximate surface area is 47.8 Å². The van der Waals surface area contributed by atoms with Crippen molar-refractivity contribution in [2.45, 2.75) is 0 Å². The standard InChI is InChI=1S/C2HBrO4/c3-7-2(5)6-1-4/h1H. The quantitative estimate of drug-likeness (QED) is 0.327. The van der Waals surface area contributed by atoms with Crippen LogP contribution < -0.4 is 0 Å². The number of halogens is 1. The molecule has 0 aromatic rings. The molecular weight excluding hydrogens is 168 g/mol. The Balaban J connectivity index is 3.17. The minimum absolute atomic E-state index is 0.0242. The average Bonchev–Trinajstić information content (AvgIpc) is 1.68. The minimum Gasteiger partial charge on any atom is -0.363 e. The fourth-order valence-corrected chi connectivity index (χ4v) is 0.134.